The molecule has 2 nitrogen and oxygen atoms in total. The van der Waals surface area contributed by atoms with Crippen molar-refractivity contribution in [1.82, 2.24) is 0 Å². The van der Waals surface area contributed by atoms with Crippen LogP contribution in [0, 0.1) is 11.3 Å². The fourth-order valence-corrected chi connectivity index (χ4v) is 4.43. The van der Waals surface area contributed by atoms with Gasteiger partial charge in [0.1, 0.15) is 5.75 Å². The molecule has 0 bridgehead atoms. The van der Waals surface area contributed by atoms with Gasteiger partial charge in [0.15, 0.2) is 0 Å². The van der Waals surface area contributed by atoms with Gasteiger partial charge in [0.25, 0.3) is 0 Å². The van der Waals surface area contributed by atoms with E-state index in [9.17, 15) is 10.2 Å². The molecule has 2 unspecified atom stereocenters. The van der Waals surface area contributed by atoms with Gasteiger partial charge in [-0.15, -0.1) is 0 Å². The number of phenolic OH excluding ortho intramolecular Hbond substituents is 1. The minimum Gasteiger partial charge on any atom is -0.508 e. The Bertz CT molecular complexity index is 578. The van der Waals surface area contributed by atoms with Crippen LogP contribution in [0.3, 0.4) is 0 Å². The number of hydrogen-bond acceptors (Lipinski definition) is 2. The number of rotatable bonds is 2. The molecular weight excluding hydrogens is 272 g/mol. The third-order valence-electron chi connectivity index (χ3n) is 6.02. The second-order valence-electron chi connectivity index (χ2n) is 7.95. The van der Waals surface area contributed by atoms with Crippen LogP contribution in [0.1, 0.15) is 64.9 Å². The molecule has 0 radical (unpaired) electrons. The zero-order valence-electron chi connectivity index (χ0n) is 14.0. The van der Waals surface area contributed by atoms with Crippen LogP contribution < -0.4 is 0 Å². The molecule has 0 aliphatic heterocycles. The molecule has 2 aliphatic carbocycles. The summed E-state index contributed by atoms with van der Waals surface area (Å²) in [7, 11) is 0. The Balaban J connectivity index is 1.87. The molecule has 2 N–H and O–H groups in total. The van der Waals surface area contributed by atoms with Crippen molar-refractivity contribution in [2.24, 2.45) is 11.3 Å². The van der Waals surface area contributed by atoms with Gasteiger partial charge in [-0.1, -0.05) is 37.1 Å². The van der Waals surface area contributed by atoms with Gasteiger partial charge >= 0.3 is 0 Å². The third kappa shape index (κ3) is 2.69. The summed E-state index contributed by atoms with van der Waals surface area (Å²) >= 11 is 0. The molecule has 22 heavy (non-hydrogen) atoms. The van der Waals surface area contributed by atoms with Crippen LogP contribution in [0.5, 0.6) is 5.75 Å². The summed E-state index contributed by atoms with van der Waals surface area (Å²) in [5, 5.41) is 20.6. The SMILES string of the molecule is CC1(C)CCCC2=C1CC(C(C)(O)c1ccc(O)cc1)CC2. The molecule has 120 valence electrons. The topological polar surface area (TPSA) is 40.5 Å². The van der Waals surface area contributed by atoms with E-state index in [4.69, 9.17) is 0 Å². The number of allylic oxidation sites excluding steroid dienone is 2. The molecule has 0 spiro atoms. The van der Waals surface area contributed by atoms with Gasteiger partial charge in [0, 0.05) is 0 Å². The van der Waals surface area contributed by atoms with Crippen LogP contribution >= 0.6 is 0 Å². The van der Waals surface area contributed by atoms with Crippen LogP contribution in [-0.4, -0.2) is 10.2 Å². The van der Waals surface area contributed by atoms with Crippen molar-refractivity contribution in [3.8, 4) is 5.75 Å². The number of aromatic hydroxyl groups is 1. The number of benzene rings is 1. The molecule has 0 heterocycles. The number of hydrogen-bond donors (Lipinski definition) is 2. The van der Waals surface area contributed by atoms with Gasteiger partial charge in [-0.25, -0.2) is 0 Å². The van der Waals surface area contributed by atoms with Gasteiger partial charge in [-0.05, 0) is 74.5 Å². The molecule has 1 aromatic carbocycles. The van der Waals surface area contributed by atoms with Gasteiger partial charge in [-0.3, -0.25) is 0 Å². The smallest absolute Gasteiger partial charge is 0.115 e. The molecule has 2 heteroatoms. The van der Waals surface area contributed by atoms with Crippen molar-refractivity contribution in [3.05, 3.63) is 41.0 Å². The molecule has 0 saturated heterocycles. The zero-order chi connectivity index (χ0) is 16.0. The average Bonchev–Trinajstić information content (AvgIpc) is 2.47. The van der Waals surface area contributed by atoms with Crippen LogP contribution in [0.2, 0.25) is 0 Å². The van der Waals surface area contributed by atoms with E-state index in [1.54, 1.807) is 23.3 Å². The summed E-state index contributed by atoms with van der Waals surface area (Å²) in [6, 6.07) is 7.04. The Kier molecular flexibility index (Phi) is 3.84. The molecule has 0 saturated carbocycles. The fourth-order valence-electron chi connectivity index (χ4n) is 4.43. The first-order chi connectivity index (χ1) is 10.3. The van der Waals surface area contributed by atoms with Crippen molar-refractivity contribution in [3.63, 3.8) is 0 Å². The van der Waals surface area contributed by atoms with E-state index < -0.39 is 5.60 Å². The predicted molar refractivity (Wildman–Crippen MR) is 89.7 cm³/mol. The second kappa shape index (κ2) is 5.42. The lowest BCUT2D eigenvalue weighted by Crippen LogP contribution is -2.36. The van der Waals surface area contributed by atoms with Crippen molar-refractivity contribution >= 4 is 0 Å². The Labute approximate surface area is 133 Å². The van der Waals surface area contributed by atoms with E-state index >= 15 is 0 Å². The molecule has 2 aliphatic rings. The first-order valence-corrected chi connectivity index (χ1v) is 8.54. The van der Waals surface area contributed by atoms with Gasteiger partial charge < -0.3 is 10.2 Å². The lowest BCUT2D eigenvalue weighted by Gasteiger charge is -2.44. The van der Waals surface area contributed by atoms with E-state index in [1.807, 2.05) is 19.1 Å². The standard InChI is InChI=1S/C20H28O2/c1-19(2)12-4-5-14-6-7-16(13-18(14)19)20(3,22)15-8-10-17(21)11-9-15/h8-11,16,21-22H,4-7,12-13H2,1-3H3. The molecule has 3 rings (SSSR count). The average molecular weight is 300 g/mol. The minimum absolute atomic E-state index is 0.251. The van der Waals surface area contributed by atoms with Crippen LogP contribution in [0.4, 0.5) is 0 Å². The summed E-state index contributed by atoms with van der Waals surface area (Å²) in [4.78, 5) is 0. The molecule has 0 aromatic heterocycles. The van der Waals surface area contributed by atoms with E-state index in [1.165, 1.54) is 19.3 Å². The lowest BCUT2D eigenvalue weighted by atomic mass is 9.62. The quantitative estimate of drug-likeness (QED) is 0.762. The monoisotopic (exact) mass is 300 g/mol. The Morgan fingerprint density at radius 3 is 2.50 bits per heavy atom. The normalized spacial score (nSPS) is 27.2. The molecule has 0 amide bonds. The van der Waals surface area contributed by atoms with E-state index in [-0.39, 0.29) is 17.1 Å². The van der Waals surface area contributed by atoms with Crippen LogP contribution in [0.15, 0.2) is 35.4 Å². The summed E-state index contributed by atoms with van der Waals surface area (Å²) in [6.07, 6.45) is 7.04. The van der Waals surface area contributed by atoms with E-state index in [0.29, 0.717) is 0 Å². The predicted octanol–water partition coefficient (Wildman–Crippen LogP) is 4.91. The Morgan fingerprint density at radius 2 is 1.82 bits per heavy atom. The molecule has 1 aromatic rings. The van der Waals surface area contributed by atoms with Crippen LogP contribution in [0.25, 0.3) is 0 Å². The Morgan fingerprint density at radius 1 is 1.14 bits per heavy atom. The van der Waals surface area contributed by atoms with Crippen molar-refractivity contribution < 1.29 is 10.2 Å². The lowest BCUT2D eigenvalue weighted by molar-refractivity contribution is -0.0150. The Hall–Kier alpha value is -1.28. The van der Waals surface area contributed by atoms with Gasteiger partial charge in [0.2, 0.25) is 0 Å². The van der Waals surface area contributed by atoms with Gasteiger partial charge in [0.05, 0.1) is 5.60 Å². The number of aliphatic hydroxyl groups is 1. The maximum atomic E-state index is 11.2. The first-order valence-electron chi connectivity index (χ1n) is 8.54. The highest BCUT2D eigenvalue weighted by Gasteiger charge is 2.40. The third-order valence-corrected chi connectivity index (χ3v) is 6.02. The molecular formula is C20H28O2. The summed E-state index contributed by atoms with van der Waals surface area (Å²) in [5.74, 6) is 0.509. The van der Waals surface area contributed by atoms with Gasteiger partial charge in [-0.2, -0.15) is 0 Å². The molecule has 0 fully saturated rings. The van der Waals surface area contributed by atoms with E-state index in [0.717, 1.165) is 24.8 Å². The number of phenols is 1. The maximum Gasteiger partial charge on any atom is 0.115 e. The van der Waals surface area contributed by atoms with Crippen molar-refractivity contribution in [2.45, 2.75) is 64.9 Å². The summed E-state index contributed by atoms with van der Waals surface area (Å²) in [6.45, 7) is 6.66. The fraction of sp³-hybridized carbons (Fsp3) is 0.600. The second-order valence-corrected chi connectivity index (χ2v) is 7.95. The highest BCUT2D eigenvalue weighted by Crippen LogP contribution is 2.51. The maximum absolute atomic E-state index is 11.2. The van der Waals surface area contributed by atoms with Crippen molar-refractivity contribution in [2.75, 3.05) is 0 Å². The highest BCUT2D eigenvalue weighted by molar-refractivity contribution is 5.33. The minimum atomic E-state index is -0.834. The zero-order valence-corrected chi connectivity index (χ0v) is 14.0. The summed E-state index contributed by atoms with van der Waals surface area (Å²) in [5.41, 5.74) is 3.63. The van der Waals surface area contributed by atoms with E-state index in [2.05, 4.69) is 13.8 Å². The first kappa shape index (κ1) is 15.6. The van der Waals surface area contributed by atoms with Crippen LogP contribution in [-0.2, 0) is 5.60 Å². The highest BCUT2D eigenvalue weighted by atomic mass is 16.3. The van der Waals surface area contributed by atoms with Crippen molar-refractivity contribution in [1.29, 1.82) is 0 Å². The molecule has 2 atom stereocenters. The summed E-state index contributed by atoms with van der Waals surface area (Å²) < 4.78 is 0. The largest absolute Gasteiger partial charge is 0.508 e.